The summed E-state index contributed by atoms with van der Waals surface area (Å²) in [5.41, 5.74) is 2.58. The summed E-state index contributed by atoms with van der Waals surface area (Å²) in [6.45, 7) is 4.01. The third-order valence-electron chi connectivity index (χ3n) is 5.38. The van der Waals surface area contributed by atoms with Gasteiger partial charge in [0, 0.05) is 17.7 Å². The van der Waals surface area contributed by atoms with Crippen molar-refractivity contribution in [1.29, 1.82) is 5.26 Å². The van der Waals surface area contributed by atoms with E-state index in [1.54, 1.807) is 35.9 Å². The number of nitrogens with one attached hydrogen (secondary N) is 1. The van der Waals surface area contributed by atoms with Gasteiger partial charge < -0.3 is 5.32 Å². The smallest absolute Gasteiger partial charge is 0.264 e. The monoisotopic (exact) mass is 449 g/mol. The molecule has 4 rings (SSSR count). The average molecular weight is 450 g/mol. The van der Waals surface area contributed by atoms with E-state index in [9.17, 15) is 13.2 Å². The molecule has 1 aromatic heterocycles. The number of sulfonamides is 1. The normalized spacial score (nSPS) is 15.3. The molecule has 0 spiro atoms. The molecule has 1 aliphatic heterocycles. The van der Waals surface area contributed by atoms with E-state index in [2.05, 4.69) is 16.5 Å². The highest BCUT2D eigenvalue weighted by molar-refractivity contribution is 7.92. The van der Waals surface area contributed by atoms with Crippen molar-refractivity contribution in [2.45, 2.75) is 44.2 Å². The molecule has 0 saturated heterocycles. The predicted octanol–water partition coefficient (Wildman–Crippen LogP) is 3.50. The average Bonchev–Trinajstić information content (AvgIpc) is 3.30. The summed E-state index contributed by atoms with van der Waals surface area (Å²) in [4.78, 5) is 12.9. The molecular weight excluding hydrogens is 426 g/mol. The Labute approximate surface area is 187 Å². The van der Waals surface area contributed by atoms with Gasteiger partial charge >= 0.3 is 0 Å². The zero-order valence-corrected chi connectivity index (χ0v) is 18.6. The van der Waals surface area contributed by atoms with E-state index in [1.165, 1.54) is 16.4 Å². The fourth-order valence-corrected chi connectivity index (χ4v) is 5.71. The van der Waals surface area contributed by atoms with E-state index < -0.39 is 15.9 Å². The lowest BCUT2D eigenvalue weighted by Crippen LogP contribution is -2.35. The highest BCUT2D eigenvalue weighted by atomic mass is 32.2. The van der Waals surface area contributed by atoms with Crippen LogP contribution in [0, 0.1) is 18.3 Å². The minimum absolute atomic E-state index is 0.0582. The van der Waals surface area contributed by atoms with Gasteiger partial charge in [-0.25, -0.2) is 13.1 Å². The maximum Gasteiger partial charge on any atom is 0.264 e. The Hall–Kier alpha value is -3.64. The summed E-state index contributed by atoms with van der Waals surface area (Å²) in [6.07, 6.45) is 0.898. The lowest BCUT2D eigenvalue weighted by Gasteiger charge is -2.24. The van der Waals surface area contributed by atoms with Crippen molar-refractivity contribution < 1.29 is 13.2 Å². The van der Waals surface area contributed by atoms with Crippen molar-refractivity contribution >= 4 is 27.4 Å². The van der Waals surface area contributed by atoms with Crippen molar-refractivity contribution in [3.8, 4) is 6.07 Å². The maximum atomic E-state index is 13.5. The molecule has 2 heterocycles. The number of para-hydroxylation sites is 1. The van der Waals surface area contributed by atoms with Gasteiger partial charge in [0.05, 0.1) is 35.3 Å². The summed E-state index contributed by atoms with van der Waals surface area (Å²) in [7, 11) is -3.85. The first-order valence-corrected chi connectivity index (χ1v) is 11.7. The lowest BCUT2D eigenvalue weighted by molar-refractivity contribution is 0.102. The number of anilines is 2. The Kier molecular flexibility index (Phi) is 5.72. The highest BCUT2D eigenvalue weighted by Gasteiger charge is 2.36. The standard InChI is InChI=1S/C23H23N5O3S/c1-16-13-22(27(26-16)12-6-11-24)25-23(29)19-8-5-9-20(15-19)32(30,31)28-17(2)14-18-7-3-4-10-21(18)28/h3-5,7-10,13,15,17H,6,12,14H2,1-2H3,(H,25,29). The van der Waals surface area contributed by atoms with Crippen LogP contribution in [-0.2, 0) is 23.0 Å². The summed E-state index contributed by atoms with van der Waals surface area (Å²) in [5.74, 6) is 0.00753. The van der Waals surface area contributed by atoms with Crippen LogP contribution in [0.1, 0.15) is 35.0 Å². The second-order valence-corrected chi connectivity index (χ2v) is 9.58. The third-order valence-corrected chi connectivity index (χ3v) is 7.30. The van der Waals surface area contributed by atoms with Gasteiger partial charge in [-0.3, -0.25) is 9.10 Å². The summed E-state index contributed by atoms with van der Waals surface area (Å²) >= 11 is 0. The molecule has 1 unspecified atom stereocenters. The van der Waals surface area contributed by atoms with E-state index in [1.807, 2.05) is 25.1 Å². The van der Waals surface area contributed by atoms with E-state index >= 15 is 0 Å². The fraction of sp³-hybridized carbons (Fsp3) is 0.261. The molecule has 1 amide bonds. The van der Waals surface area contributed by atoms with Crippen LogP contribution in [0.15, 0.2) is 59.5 Å². The Balaban J connectivity index is 1.62. The molecule has 8 nitrogen and oxygen atoms in total. The second-order valence-electron chi connectivity index (χ2n) is 7.77. The molecule has 1 N–H and O–H groups in total. The third kappa shape index (κ3) is 3.97. The maximum absolute atomic E-state index is 13.5. The van der Waals surface area contributed by atoms with Crippen molar-refractivity contribution in [3.63, 3.8) is 0 Å². The molecule has 0 aliphatic carbocycles. The Morgan fingerprint density at radius 3 is 2.78 bits per heavy atom. The molecule has 2 aromatic carbocycles. The van der Waals surface area contributed by atoms with Gasteiger partial charge in [-0.2, -0.15) is 10.4 Å². The predicted molar refractivity (Wildman–Crippen MR) is 121 cm³/mol. The number of nitrogens with zero attached hydrogens (tertiary/aromatic N) is 4. The van der Waals surface area contributed by atoms with Gasteiger partial charge in [0.15, 0.2) is 0 Å². The van der Waals surface area contributed by atoms with Gasteiger partial charge in [-0.15, -0.1) is 0 Å². The Bertz CT molecular complexity index is 1320. The molecule has 0 saturated carbocycles. The van der Waals surface area contributed by atoms with Crippen molar-refractivity contribution in [2.24, 2.45) is 0 Å². The first-order chi connectivity index (χ1) is 15.3. The minimum Gasteiger partial charge on any atom is -0.307 e. The molecule has 3 aromatic rings. The molecule has 32 heavy (non-hydrogen) atoms. The van der Waals surface area contributed by atoms with Gasteiger partial charge in [0.2, 0.25) is 0 Å². The number of carbonyl (C=O) groups excluding carboxylic acids is 1. The van der Waals surface area contributed by atoms with E-state index in [0.29, 0.717) is 30.2 Å². The minimum atomic E-state index is -3.85. The fourth-order valence-electron chi connectivity index (χ4n) is 3.98. The van der Waals surface area contributed by atoms with Crippen LogP contribution >= 0.6 is 0 Å². The lowest BCUT2D eigenvalue weighted by atomic mass is 10.1. The number of aryl methyl sites for hydroxylation is 2. The number of hydrogen-bond donors (Lipinski definition) is 1. The number of aromatic nitrogens is 2. The molecule has 1 aliphatic rings. The Morgan fingerprint density at radius 2 is 2.00 bits per heavy atom. The zero-order chi connectivity index (χ0) is 22.9. The van der Waals surface area contributed by atoms with Crippen LogP contribution in [-0.4, -0.2) is 30.1 Å². The Morgan fingerprint density at radius 1 is 1.22 bits per heavy atom. The number of fused-ring (bicyclic) bond motifs is 1. The first kappa shape index (κ1) is 21.6. The quantitative estimate of drug-likeness (QED) is 0.620. The molecule has 1 atom stereocenters. The zero-order valence-electron chi connectivity index (χ0n) is 17.8. The van der Waals surface area contributed by atoms with Crippen LogP contribution in [0.5, 0.6) is 0 Å². The van der Waals surface area contributed by atoms with Gasteiger partial charge in [0.25, 0.3) is 15.9 Å². The SMILES string of the molecule is Cc1cc(NC(=O)c2cccc(S(=O)(=O)N3c4ccccc4CC3C)c2)n(CCC#N)n1. The summed E-state index contributed by atoms with van der Waals surface area (Å²) in [5, 5.41) is 15.9. The molecule has 0 radical (unpaired) electrons. The van der Waals surface area contributed by atoms with Gasteiger partial charge in [0.1, 0.15) is 5.82 Å². The van der Waals surface area contributed by atoms with Crippen LogP contribution in [0.3, 0.4) is 0 Å². The number of amides is 1. The van der Waals surface area contributed by atoms with Crippen molar-refractivity contribution in [3.05, 3.63) is 71.4 Å². The van der Waals surface area contributed by atoms with Crippen LogP contribution in [0.25, 0.3) is 0 Å². The number of rotatable bonds is 6. The largest absolute Gasteiger partial charge is 0.307 e. The van der Waals surface area contributed by atoms with Crippen LogP contribution in [0.4, 0.5) is 11.5 Å². The molecule has 0 fully saturated rings. The summed E-state index contributed by atoms with van der Waals surface area (Å²) < 4.78 is 29.9. The molecular formula is C23H23N5O3S. The molecule has 164 valence electrons. The van der Waals surface area contributed by atoms with Crippen LogP contribution in [0.2, 0.25) is 0 Å². The van der Waals surface area contributed by atoms with E-state index in [4.69, 9.17) is 5.26 Å². The number of benzene rings is 2. The van der Waals surface area contributed by atoms with E-state index in [0.717, 1.165) is 5.56 Å². The summed E-state index contributed by atoms with van der Waals surface area (Å²) in [6, 6.07) is 17.0. The topological polar surface area (TPSA) is 108 Å². The number of hydrogen-bond acceptors (Lipinski definition) is 5. The van der Waals surface area contributed by atoms with Crippen molar-refractivity contribution in [2.75, 3.05) is 9.62 Å². The molecule has 9 heteroatoms. The number of nitriles is 1. The van der Waals surface area contributed by atoms with E-state index in [-0.39, 0.29) is 22.9 Å². The number of carbonyl (C=O) groups is 1. The van der Waals surface area contributed by atoms with Gasteiger partial charge in [-0.05, 0) is 50.1 Å². The van der Waals surface area contributed by atoms with Gasteiger partial charge in [-0.1, -0.05) is 24.3 Å². The first-order valence-electron chi connectivity index (χ1n) is 10.3. The van der Waals surface area contributed by atoms with Crippen LogP contribution < -0.4 is 9.62 Å². The highest BCUT2D eigenvalue weighted by Crippen LogP contribution is 2.36. The second kappa shape index (κ2) is 8.48. The molecule has 0 bridgehead atoms. The van der Waals surface area contributed by atoms with Crippen molar-refractivity contribution in [1.82, 2.24) is 9.78 Å².